The Morgan fingerprint density at radius 1 is 1.14 bits per heavy atom. The first-order valence-corrected chi connectivity index (χ1v) is 11.4. The molecule has 0 aliphatic heterocycles. The third-order valence-corrected chi connectivity index (χ3v) is 6.68. The molecular weight excluding hydrogens is 374 g/mol. The number of primary sulfonamides is 1. The molecule has 28 heavy (non-hydrogen) atoms. The van der Waals surface area contributed by atoms with Gasteiger partial charge in [-0.25, -0.2) is 13.6 Å². The van der Waals surface area contributed by atoms with Gasteiger partial charge in [0, 0.05) is 35.2 Å². The van der Waals surface area contributed by atoms with E-state index in [0.29, 0.717) is 12.6 Å². The normalized spacial score (nSPS) is 17.3. The molecular formula is C21H27N3O3S. The van der Waals surface area contributed by atoms with Gasteiger partial charge >= 0.3 is 0 Å². The van der Waals surface area contributed by atoms with Crippen LogP contribution in [0.4, 0.5) is 0 Å². The first-order valence-electron chi connectivity index (χ1n) is 9.83. The van der Waals surface area contributed by atoms with E-state index in [4.69, 9.17) is 5.14 Å². The summed E-state index contributed by atoms with van der Waals surface area (Å²) in [6, 6.07) is 8.95. The maximum absolute atomic E-state index is 13.0. The summed E-state index contributed by atoms with van der Waals surface area (Å²) >= 11 is 0. The van der Waals surface area contributed by atoms with Crippen molar-refractivity contribution in [1.82, 2.24) is 9.47 Å². The van der Waals surface area contributed by atoms with Crippen LogP contribution in [-0.2, 0) is 10.0 Å². The van der Waals surface area contributed by atoms with Gasteiger partial charge in [-0.05, 0) is 75.8 Å². The van der Waals surface area contributed by atoms with E-state index >= 15 is 0 Å². The van der Waals surface area contributed by atoms with Gasteiger partial charge in [0.05, 0.1) is 11.4 Å². The van der Waals surface area contributed by atoms with Crippen molar-refractivity contribution in [3.05, 3.63) is 47.3 Å². The Bertz CT molecular complexity index is 1000. The molecule has 2 fully saturated rings. The third kappa shape index (κ3) is 4.06. The first kappa shape index (κ1) is 19.4. The Morgan fingerprint density at radius 3 is 2.32 bits per heavy atom. The van der Waals surface area contributed by atoms with E-state index < -0.39 is 10.0 Å². The summed E-state index contributed by atoms with van der Waals surface area (Å²) in [5.41, 5.74) is 3.39. The summed E-state index contributed by atoms with van der Waals surface area (Å²) in [6.45, 7) is 5.43. The van der Waals surface area contributed by atoms with Crippen molar-refractivity contribution in [2.75, 3.05) is 13.1 Å². The number of carbonyl (C=O) groups excluding carboxylic acids is 1. The first-order chi connectivity index (χ1) is 13.2. The average molecular weight is 402 g/mol. The Balaban J connectivity index is 1.57. The number of rotatable bonds is 8. The minimum Gasteiger partial charge on any atom is -0.318 e. The summed E-state index contributed by atoms with van der Waals surface area (Å²) in [4.78, 5) is 15.5. The highest BCUT2D eigenvalue weighted by atomic mass is 32.2. The van der Waals surface area contributed by atoms with Crippen molar-refractivity contribution in [3.63, 3.8) is 0 Å². The lowest BCUT2D eigenvalue weighted by atomic mass is 10.1. The number of nitrogens with two attached hydrogens (primary N) is 1. The van der Waals surface area contributed by atoms with Crippen molar-refractivity contribution in [1.29, 1.82) is 0 Å². The number of hydrogen-bond acceptors (Lipinski definition) is 4. The van der Waals surface area contributed by atoms with Gasteiger partial charge in [-0.3, -0.25) is 9.69 Å². The molecule has 2 aliphatic rings. The van der Waals surface area contributed by atoms with Crippen LogP contribution in [0.1, 0.15) is 47.4 Å². The maximum Gasteiger partial charge on any atom is 0.238 e. The number of aryl methyl sites for hydroxylation is 1. The summed E-state index contributed by atoms with van der Waals surface area (Å²) in [5, 5.41) is 5.18. The van der Waals surface area contributed by atoms with Gasteiger partial charge in [0.1, 0.15) is 0 Å². The second-order valence-electron chi connectivity index (χ2n) is 8.19. The molecule has 1 heterocycles. The van der Waals surface area contributed by atoms with Gasteiger partial charge in [0.2, 0.25) is 10.0 Å². The zero-order valence-corrected chi connectivity index (χ0v) is 17.2. The minimum atomic E-state index is -3.72. The van der Waals surface area contributed by atoms with Gasteiger partial charge in [0.25, 0.3) is 0 Å². The van der Waals surface area contributed by atoms with Crippen LogP contribution < -0.4 is 5.14 Å². The van der Waals surface area contributed by atoms with Crippen LogP contribution in [0.2, 0.25) is 0 Å². The fourth-order valence-electron chi connectivity index (χ4n) is 3.91. The number of benzene rings is 1. The van der Waals surface area contributed by atoms with Gasteiger partial charge in [-0.2, -0.15) is 0 Å². The molecule has 0 spiro atoms. The lowest BCUT2D eigenvalue weighted by Crippen LogP contribution is -2.33. The predicted molar refractivity (Wildman–Crippen MR) is 108 cm³/mol. The molecule has 0 atom stereocenters. The molecule has 2 aromatic rings. The van der Waals surface area contributed by atoms with E-state index in [9.17, 15) is 13.2 Å². The van der Waals surface area contributed by atoms with Crippen LogP contribution in [0.5, 0.6) is 0 Å². The monoisotopic (exact) mass is 401 g/mol. The number of aromatic nitrogens is 1. The molecule has 150 valence electrons. The molecule has 7 heteroatoms. The Morgan fingerprint density at radius 2 is 1.79 bits per heavy atom. The summed E-state index contributed by atoms with van der Waals surface area (Å²) < 4.78 is 24.9. The minimum absolute atomic E-state index is 0.0789. The largest absolute Gasteiger partial charge is 0.318 e. The lowest BCUT2D eigenvalue weighted by Gasteiger charge is -2.21. The zero-order chi connectivity index (χ0) is 20.1. The van der Waals surface area contributed by atoms with Gasteiger partial charge in [-0.1, -0.05) is 0 Å². The number of nitrogens with zero attached hydrogens (tertiary/aromatic N) is 2. The Labute approximate surface area is 166 Å². The highest BCUT2D eigenvalue weighted by Crippen LogP contribution is 2.35. The van der Waals surface area contributed by atoms with E-state index in [1.807, 2.05) is 24.5 Å². The quantitative estimate of drug-likeness (QED) is 0.689. The molecule has 2 N–H and O–H groups in total. The second-order valence-corrected chi connectivity index (χ2v) is 9.75. The van der Waals surface area contributed by atoms with E-state index in [0.717, 1.165) is 35.1 Å². The molecule has 0 amide bonds. The van der Waals surface area contributed by atoms with Crippen molar-refractivity contribution >= 4 is 15.8 Å². The topological polar surface area (TPSA) is 85.4 Å². The van der Waals surface area contributed by atoms with Gasteiger partial charge in [0.15, 0.2) is 5.78 Å². The van der Waals surface area contributed by atoms with E-state index in [1.54, 1.807) is 12.1 Å². The van der Waals surface area contributed by atoms with Crippen LogP contribution in [0.3, 0.4) is 0 Å². The molecule has 2 aliphatic carbocycles. The summed E-state index contributed by atoms with van der Waals surface area (Å²) in [7, 11) is -3.72. The van der Waals surface area contributed by atoms with Crippen LogP contribution in [0.15, 0.2) is 35.2 Å². The molecule has 0 radical (unpaired) electrons. The maximum atomic E-state index is 13.0. The van der Waals surface area contributed by atoms with Gasteiger partial charge in [-0.15, -0.1) is 0 Å². The molecule has 1 aromatic carbocycles. The van der Waals surface area contributed by atoms with E-state index in [2.05, 4.69) is 4.90 Å². The lowest BCUT2D eigenvalue weighted by molar-refractivity contribution is 0.0920. The van der Waals surface area contributed by atoms with Crippen molar-refractivity contribution in [3.8, 4) is 5.69 Å². The van der Waals surface area contributed by atoms with Crippen LogP contribution >= 0.6 is 0 Å². The van der Waals surface area contributed by atoms with Crippen LogP contribution in [-0.4, -0.2) is 42.8 Å². The average Bonchev–Trinajstić information content (AvgIpc) is 3.52. The highest BCUT2D eigenvalue weighted by molar-refractivity contribution is 7.89. The van der Waals surface area contributed by atoms with Crippen molar-refractivity contribution in [2.45, 2.75) is 50.5 Å². The number of Topliss-reactive ketones (excluding diaryl/α,β-unsaturated/α-hetero) is 1. The van der Waals surface area contributed by atoms with Crippen LogP contribution in [0.25, 0.3) is 5.69 Å². The van der Waals surface area contributed by atoms with E-state index in [-0.39, 0.29) is 10.7 Å². The smallest absolute Gasteiger partial charge is 0.238 e. The summed E-state index contributed by atoms with van der Waals surface area (Å²) in [5.74, 6) is 0.936. The van der Waals surface area contributed by atoms with Crippen molar-refractivity contribution < 1.29 is 13.2 Å². The predicted octanol–water partition coefficient (Wildman–Crippen LogP) is 2.80. The molecule has 0 unspecified atom stereocenters. The van der Waals surface area contributed by atoms with Crippen LogP contribution in [0, 0.1) is 19.8 Å². The molecule has 1 aromatic heterocycles. The molecule has 6 nitrogen and oxygen atoms in total. The molecule has 0 saturated heterocycles. The second kappa shape index (κ2) is 7.13. The number of ketones is 1. The van der Waals surface area contributed by atoms with Crippen molar-refractivity contribution in [2.24, 2.45) is 11.1 Å². The van der Waals surface area contributed by atoms with E-state index in [1.165, 1.54) is 37.8 Å². The number of sulfonamides is 1. The standard InChI is InChI=1S/C21H27N3O3S/c1-14-11-20(21(25)13-23(17-5-6-17)12-16-3-4-16)15(2)24(14)18-7-9-19(10-8-18)28(22,26)27/h7-11,16-17H,3-6,12-13H2,1-2H3,(H2,22,26,27). The molecule has 4 rings (SSSR count). The summed E-state index contributed by atoms with van der Waals surface area (Å²) in [6.07, 6.45) is 4.99. The zero-order valence-electron chi connectivity index (χ0n) is 16.4. The number of hydrogen-bond donors (Lipinski definition) is 1. The molecule has 2 saturated carbocycles. The number of carbonyl (C=O) groups is 1. The molecule has 0 bridgehead atoms. The highest BCUT2D eigenvalue weighted by Gasteiger charge is 2.35. The third-order valence-electron chi connectivity index (χ3n) is 5.75. The fourth-order valence-corrected chi connectivity index (χ4v) is 4.43. The fraction of sp³-hybridized carbons (Fsp3) is 0.476. The SMILES string of the molecule is Cc1cc(C(=O)CN(CC2CC2)C2CC2)c(C)n1-c1ccc(S(N)(=O)=O)cc1. The Hall–Kier alpha value is -1.96. The van der Waals surface area contributed by atoms with Gasteiger partial charge < -0.3 is 4.57 Å². The Kier molecular flexibility index (Phi) is 4.93.